The second kappa shape index (κ2) is 5.72. The van der Waals surface area contributed by atoms with Gasteiger partial charge in [0.25, 0.3) is 0 Å². The molecule has 2 aromatic rings. The number of alkyl halides is 3. The van der Waals surface area contributed by atoms with Gasteiger partial charge in [-0.1, -0.05) is 0 Å². The molecule has 1 aromatic heterocycles. The number of carbonyl (C=O) groups is 1. The van der Waals surface area contributed by atoms with Crippen LogP contribution in [0.15, 0.2) is 23.6 Å². The van der Waals surface area contributed by atoms with Crippen LogP contribution in [0.3, 0.4) is 0 Å². The smallest absolute Gasteiger partial charge is 0.419 e. The first-order chi connectivity index (χ1) is 9.81. The quantitative estimate of drug-likeness (QED) is 0.937. The van der Waals surface area contributed by atoms with E-state index in [4.69, 9.17) is 4.74 Å². The minimum absolute atomic E-state index is 0.247. The Morgan fingerprint density at radius 1 is 1.38 bits per heavy atom. The minimum Gasteiger partial charge on any atom is -0.496 e. The standard InChI is InChI=1S/C13H11F3N2O2S/c1-7(19)17-12-18-10(6-21-12)8-3-4-11(20-2)9(5-8)13(14,15)16/h3-6H,1-2H3,(H,17,18,19). The van der Waals surface area contributed by atoms with Crippen LogP contribution in [0.2, 0.25) is 0 Å². The molecule has 0 atom stereocenters. The van der Waals surface area contributed by atoms with Crippen LogP contribution >= 0.6 is 11.3 Å². The predicted molar refractivity (Wildman–Crippen MR) is 73.4 cm³/mol. The van der Waals surface area contributed by atoms with Gasteiger partial charge in [-0.2, -0.15) is 13.2 Å². The maximum absolute atomic E-state index is 13.0. The molecule has 0 spiro atoms. The highest BCUT2D eigenvalue weighted by molar-refractivity contribution is 7.14. The average molecular weight is 316 g/mol. The zero-order chi connectivity index (χ0) is 15.6. The maximum Gasteiger partial charge on any atom is 0.419 e. The van der Waals surface area contributed by atoms with Crippen LogP contribution in [-0.2, 0) is 11.0 Å². The van der Waals surface area contributed by atoms with E-state index in [9.17, 15) is 18.0 Å². The summed E-state index contributed by atoms with van der Waals surface area (Å²) >= 11 is 1.14. The Hall–Kier alpha value is -2.09. The fourth-order valence-electron chi connectivity index (χ4n) is 1.70. The summed E-state index contributed by atoms with van der Waals surface area (Å²) in [5.41, 5.74) is -0.204. The largest absolute Gasteiger partial charge is 0.496 e. The Bertz CT molecular complexity index is 668. The van der Waals surface area contributed by atoms with Crippen molar-refractivity contribution in [3.05, 3.63) is 29.1 Å². The lowest BCUT2D eigenvalue weighted by atomic mass is 10.1. The van der Waals surface area contributed by atoms with E-state index < -0.39 is 11.7 Å². The maximum atomic E-state index is 13.0. The van der Waals surface area contributed by atoms with Gasteiger partial charge in [-0.25, -0.2) is 4.98 Å². The van der Waals surface area contributed by atoms with Crippen LogP contribution in [0.4, 0.5) is 18.3 Å². The number of benzene rings is 1. The molecular weight excluding hydrogens is 305 g/mol. The van der Waals surface area contributed by atoms with E-state index in [1.54, 1.807) is 5.38 Å². The predicted octanol–water partition coefficient (Wildman–Crippen LogP) is 3.80. The summed E-state index contributed by atoms with van der Waals surface area (Å²) in [5.74, 6) is -0.537. The van der Waals surface area contributed by atoms with Crippen LogP contribution in [0.5, 0.6) is 5.75 Å². The molecule has 0 bridgehead atoms. The fraction of sp³-hybridized carbons (Fsp3) is 0.231. The molecule has 1 heterocycles. The van der Waals surface area contributed by atoms with Crippen molar-refractivity contribution in [1.82, 2.24) is 4.98 Å². The van der Waals surface area contributed by atoms with Crippen molar-refractivity contribution in [1.29, 1.82) is 0 Å². The number of thiazole rings is 1. The zero-order valence-electron chi connectivity index (χ0n) is 11.1. The molecule has 0 radical (unpaired) electrons. The van der Waals surface area contributed by atoms with E-state index in [2.05, 4.69) is 10.3 Å². The first kappa shape index (κ1) is 15.3. The number of anilines is 1. The molecule has 0 saturated carbocycles. The number of halogens is 3. The van der Waals surface area contributed by atoms with Crippen LogP contribution in [0.25, 0.3) is 11.3 Å². The van der Waals surface area contributed by atoms with E-state index in [1.165, 1.54) is 26.2 Å². The third kappa shape index (κ3) is 3.52. The van der Waals surface area contributed by atoms with Crippen molar-refractivity contribution in [3.8, 4) is 17.0 Å². The zero-order valence-corrected chi connectivity index (χ0v) is 11.9. The van der Waals surface area contributed by atoms with E-state index in [0.717, 1.165) is 17.4 Å². The van der Waals surface area contributed by atoms with Crippen molar-refractivity contribution >= 4 is 22.4 Å². The SMILES string of the molecule is COc1ccc(-c2csc(NC(C)=O)n2)cc1C(F)(F)F. The second-order valence-electron chi connectivity index (χ2n) is 4.13. The molecule has 0 aliphatic carbocycles. The normalized spacial score (nSPS) is 11.3. The van der Waals surface area contributed by atoms with Crippen LogP contribution in [0.1, 0.15) is 12.5 Å². The first-order valence-corrected chi connectivity index (χ1v) is 6.68. The molecule has 0 aliphatic heterocycles. The van der Waals surface area contributed by atoms with Gasteiger partial charge in [0, 0.05) is 17.9 Å². The van der Waals surface area contributed by atoms with Gasteiger partial charge >= 0.3 is 6.18 Å². The molecule has 1 amide bonds. The second-order valence-corrected chi connectivity index (χ2v) is 4.99. The molecule has 0 fully saturated rings. The first-order valence-electron chi connectivity index (χ1n) is 5.80. The third-order valence-electron chi connectivity index (χ3n) is 2.59. The number of ether oxygens (including phenoxy) is 1. The van der Waals surface area contributed by atoms with Crippen molar-refractivity contribution in [2.45, 2.75) is 13.1 Å². The lowest BCUT2D eigenvalue weighted by molar-refractivity contribution is -0.138. The highest BCUT2D eigenvalue weighted by Crippen LogP contribution is 2.39. The Labute approximate surface area is 122 Å². The number of methoxy groups -OCH3 is 1. The summed E-state index contributed by atoms with van der Waals surface area (Å²) in [5, 5.41) is 4.40. The molecule has 1 aromatic carbocycles. The summed E-state index contributed by atoms with van der Waals surface area (Å²) in [6.45, 7) is 1.33. The summed E-state index contributed by atoms with van der Waals surface area (Å²) in [7, 11) is 1.18. The summed E-state index contributed by atoms with van der Waals surface area (Å²) in [6, 6.07) is 3.71. The Balaban J connectivity index is 2.41. The molecule has 0 unspecified atom stereocenters. The number of carbonyl (C=O) groups excluding carboxylic acids is 1. The van der Waals surface area contributed by atoms with Crippen LogP contribution in [-0.4, -0.2) is 18.0 Å². The summed E-state index contributed by atoms with van der Waals surface area (Å²) < 4.78 is 43.6. The highest BCUT2D eigenvalue weighted by atomic mass is 32.1. The monoisotopic (exact) mass is 316 g/mol. The number of nitrogens with one attached hydrogen (secondary N) is 1. The fourth-order valence-corrected chi connectivity index (χ4v) is 2.47. The summed E-state index contributed by atoms with van der Waals surface area (Å²) in [4.78, 5) is 15.0. The van der Waals surface area contributed by atoms with Gasteiger partial charge in [0.05, 0.1) is 18.4 Å². The number of amides is 1. The average Bonchev–Trinajstić information content (AvgIpc) is 2.84. The molecular formula is C13H11F3N2O2S. The molecule has 1 N–H and O–H groups in total. The highest BCUT2D eigenvalue weighted by Gasteiger charge is 2.34. The molecule has 0 aliphatic rings. The lowest BCUT2D eigenvalue weighted by Gasteiger charge is -2.12. The molecule has 8 heteroatoms. The summed E-state index contributed by atoms with van der Waals surface area (Å²) in [6.07, 6.45) is -4.52. The molecule has 21 heavy (non-hydrogen) atoms. The van der Waals surface area contributed by atoms with E-state index in [-0.39, 0.29) is 11.7 Å². The third-order valence-corrected chi connectivity index (χ3v) is 3.35. The Morgan fingerprint density at radius 2 is 2.10 bits per heavy atom. The van der Waals surface area contributed by atoms with Gasteiger partial charge in [-0.05, 0) is 18.2 Å². The van der Waals surface area contributed by atoms with Gasteiger partial charge in [-0.15, -0.1) is 11.3 Å². The molecule has 112 valence electrons. The molecule has 0 saturated heterocycles. The van der Waals surface area contributed by atoms with E-state index in [1.807, 2.05) is 0 Å². The van der Waals surface area contributed by atoms with Crippen molar-refractivity contribution in [2.24, 2.45) is 0 Å². The topological polar surface area (TPSA) is 51.2 Å². The minimum atomic E-state index is -4.52. The molecule has 2 rings (SSSR count). The van der Waals surface area contributed by atoms with Crippen molar-refractivity contribution in [2.75, 3.05) is 12.4 Å². The Morgan fingerprint density at radius 3 is 2.67 bits per heavy atom. The lowest BCUT2D eigenvalue weighted by Crippen LogP contribution is -2.07. The van der Waals surface area contributed by atoms with Crippen molar-refractivity contribution < 1.29 is 22.7 Å². The van der Waals surface area contributed by atoms with Gasteiger partial charge < -0.3 is 10.1 Å². The van der Waals surface area contributed by atoms with E-state index >= 15 is 0 Å². The number of nitrogens with zero attached hydrogens (tertiary/aromatic N) is 1. The number of rotatable bonds is 3. The van der Waals surface area contributed by atoms with Gasteiger partial charge in [0.15, 0.2) is 5.13 Å². The van der Waals surface area contributed by atoms with Gasteiger partial charge in [0.2, 0.25) is 5.91 Å². The number of hydrogen-bond donors (Lipinski definition) is 1. The van der Waals surface area contributed by atoms with Crippen molar-refractivity contribution in [3.63, 3.8) is 0 Å². The molecule has 4 nitrogen and oxygen atoms in total. The van der Waals surface area contributed by atoms with Gasteiger partial charge in [-0.3, -0.25) is 4.79 Å². The van der Waals surface area contributed by atoms with Crippen LogP contribution < -0.4 is 10.1 Å². The van der Waals surface area contributed by atoms with Crippen LogP contribution in [0, 0.1) is 0 Å². The number of hydrogen-bond acceptors (Lipinski definition) is 4. The number of aromatic nitrogens is 1. The van der Waals surface area contributed by atoms with E-state index in [0.29, 0.717) is 16.4 Å². The van der Waals surface area contributed by atoms with Gasteiger partial charge in [0.1, 0.15) is 5.75 Å². The Kier molecular flexibility index (Phi) is 4.17.